The molecule has 1 aliphatic carbocycles. The van der Waals surface area contributed by atoms with Crippen LogP contribution in [0.2, 0.25) is 0 Å². The Morgan fingerprint density at radius 2 is 2.22 bits per heavy atom. The highest BCUT2D eigenvalue weighted by molar-refractivity contribution is 5.29. The highest BCUT2D eigenvalue weighted by atomic mass is 15.1. The summed E-state index contributed by atoms with van der Waals surface area (Å²) in [5, 5.41) is 7.89. The average Bonchev–Trinajstić information content (AvgIpc) is 2.76. The van der Waals surface area contributed by atoms with Crippen LogP contribution in [0, 0.1) is 11.8 Å². The molecule has 0 saturated carbocycles. The summed E-state index contributed by atoms with van der Waals surface area (Å²) in [7, 11) is 2.26. The second-order valence-electron chi connectivity index (χ2n) is 6.21. The van der Waals surface area contributed by atoms with Crippen LogP contribution in [-0.4, -0.2) is 35.2 Å². The molecule has 0 unspecified atom stereocenters. The average molecular weight is 247 g/mol. The summed E-state index contributed by atoms with van der Waals surface area (Å²) in [6.07, 6.45) is 7.56. The number of aromatic nitrogens is 2. The first kappa shape index (κ1) is 12.2. The zero-order valence-corrected chi connectivity index (χ0v) is 11.7. The summed E-state index contributed by atoms with van der Waals surface area (Å²) >= 11 is 0. The molecule has 0 spiro atoms. The van der Waals surface area contributed by atoms with Gasteiger partial charge in [-0.05, 0) is 63.1 Å². The second kappa shape index (κ2) is 5.04. The molecule has 3 nitrogen and oxygen atoms in total. The summed E-state index contributed by atoms with van der Waals surface area (Å²) in [6, 6.07) is 0. The van der Waals surface area contributed by atoms with E-state index in [1.807, 2.05) is 0 Å². The molecule has 0 amide bonds. The maximum Gasteiger partial charge on any atom is 0.0657 e. The highest BCUT2D eigenvalue weighted by Gasteiger charge is 2.34. The quantitative estimate of drug-likeness (QED) is 0.889. The molecule has 18 heavy (non-hydrogen) atoms. The van der Waals surface area contributed by atoms with Gasteiger partial charge in [-0.2, -0.15) is 5.10 Å². The number of unbranched alkanes of at least 4 members (excludes halogenated alkanes) is 1. The predicted octanol–water partition coefficient (Wildman–Crippen LogP) is 2.42. The molecule has 1 aromatic rings. The van der Waals surface area contributed by atoms with E-state index in [-0.39, 0.29) is 0 Å². The second-order valence-corrected chi connectivity index (χ2v) is 6.21. The number of likely N-dealkylation sites (tertiary alicyclic amines) is 1. The van der Waals surface area contributed by atoms with Crippen molar-refractivity contribution < 1.29 is 0 Å². The number of hydrogen-bond acceptors (Lipinski definition) is 2. The molecule has 0 radical (unpaired) electrons. The lowest BCUT2D eigenvalue weighted by atomic mass is 9.74. The Kier molecular flexibility index (Phi) is 3.42. The van der Waals surface area contributed by atoms with Gasteiger partial charge in [0.15, 0.2) is 0 Å². The van der Waals surface area contributed by atoms with E-state index < -0.39 is 0 Å². The van der Waals surface area contributed by atoms with Gasteiger partial charge in [-0.25, -0.2) is 0 Å². The van der Waals surface area contributed by atoms with Crippen LogP contribution in [0.3, 0.4) is 0 Å². The summed E-state index contributed by atoms with van der Waals surface area (Å²) in [5.74, 6) is 1.77. The van der Waals surface area contributed by atoms with Crippen LogP contribution in [-0.2, 0) is 19.3 Å². The van der Waals surface area contributed by atoms with Crippen molar-refractivity contribution in [2.75, 3.05) is 20.1 Å². The molecule has 2 atom stereocenters. The number of nitrogens with one attached hydrogen (secondary N) is 1. The number of rotatable bonds is 3. The zero-order chi connectivity index (χ0) is 12.5. The molecule has 2 aliphatic rings. The fourth-order valence-electron chi connectivity index (χ4n) is 3.69. The van der Waals surface area contributed by atoms with Gasteiger partial charge >= 0.3 is 0 Å². The molecule has 0 bridgehead atoms. The molecule has 1 N–H and O–H groups in total. The fourth-order valence-corrected chi connectivity index (χ4v) is 3.69. The van der Waals surface area contributed by atoms with Crippen molar-refractivity contribution in [1.29, 1.82) is 0 Å². The van der Waals surface area contributed by atoms with Gasteiger partial charge in [-0.3, -0.25) is 5.10 Å². The zero-order valence-electron chi connectivity index (χ0n) is 11.7. The lowest BCUT2D eigenvalue weighted by molar-refractivity contribution is 0.133. The van der Waals surface area contributed by atoms with Crippen molar-refractivity contribution >= 4 is 0 Å². The van der Waals surface area contributed by atoms with E-state index in [1.165, 1.54) is 56.6 Å². The van der Waals surface area contributed by atoms with Crippen molar-refractivity contribution in [2.45, 2.75) is 45.4 Å². The van der Waals surface area contributed by atoms with E-state index in [2.05, 4.69) is 29.1 Å². The summed E-state index contributed by atoms with van der Waals surface area (Å²) < 4.78 is 0. The highest BCUT2D eigenvalue weighted by Crippen LogP contribution is 2.36. The summed E-state index contributed by atoms with van der Waals surface area (Å²) in [6.45, 7) is 4.81. The van der Waals surface area contributed by atoms with Crippen LogP contribution in [0.15, 0.2) is 0 Å². The van der Waals surface area contributed by atoms with E-state index in [0.717, 1.165) is 18.3 Å². The predicted molar refractivity (Wildman–Crippen MR) is 73.7 cm³/mol. The molecular formula is C15H25N3. The minimum Gasteiger partial charge on any atom is -0.306 e. The molecule has 100 valence electrons. The molecular weight excluding hydrogens is 222 g/mol. The molecule has 1 aliphatic heterocycles. The van der Waals surface area contributed by atoms with Crippen LogP contribution in [0.5, 0.6) is 0 Å². The van der Waals surface area contributed by atoms with Gasteiger partial charge in [0.05, 0.1) is 5.69 Å². The summed E-state index contributed by atoms with van der Waals surface area (Å²) in [5.41, 5.74) is 4.38. The Hall–Kier alpha value is -0.830. The lowest BCUT2D eigenvalue weighted by Crippen LogP contribution is -2.41. The van der Waals surface area contributed by atoms with E-state index in [1.54, 1.807) is 5.56 Å². The molecule has 2 heterocycles. The SMILES string of the molecule is CCCCc1n[nH]c2c1C[C@H]1CN(C)CC[C@@H]1C2. The monoisotopic (exact) mass is 247 g/mol. The van der Waals surface area contributed by atoms with Crippen molar-refractivity contribution in [3.05, 3.63) is 17.0 Å². The first-order chi connectivity index (χ1) is 8.78. The van der Waals surface area contributed by atoms with Gasteiger partial charge in [0, 0.05) is 12.2 Å². The standard InChI is InChI=1S/C15H25N3/c1-3-4-5-14-13-8-12-10-18(2)7-6-11(12)9-15(13)17-16-14/h11-12H,3-10H2,1-2H3,(H,16,17)/t11-,12+/m1/s1. The lowest BCUT2D eigenvalue weighted by Gasteiger charge is -2.39. The third kappa shape index (κ3) is 2.20. The smallest absolute Gasteiger partial charge is 0.0657 e. The van der Waals surface area contributed by atoms with Crippen molar-refractivity contribution in [1.82, 2.24) is 15.1 Å². The maximum absolute atomic E-state index is 4.57. The van der Waals surface area contributed by atoms with E-state index in [4.69, 9.17) is 0 Å². The normalized spacial score (nSPS) is 27.9. The van der Waals surface area contributed by atoms with Crippen LogP contribution in [0.1, 0.15) is 43.1 Å². The molecule has 3 rings (SSSR count). The molecule has 1 fully saturated rings. The molecule has 3 heteroatoms. The van der Waals surface area contributed by atoms with Gasteiger partial charge in [0.1, 0.15) is 0 Å². The van der Waals surface area contributed by atoms with E-state index in [0.29, 0.717) is 0 Å². The van der Waals surface area contributed by atoms with Crippen molar-refractivity contribution in [3.8, 4) is 0 Å². The van der Waals surface area contributed by atoms with Crippen LogP contribution in [0.4, 0.5) is 0 Å². The number of H-pyrrole nitrogens is 1. The van der Waals surface area contributed by atoms with Gasteiger partial charge < -0.3 is 4.90 Å². The minimum atomic E-state index is 0.870. The van der Waals surface area contributed by atoms with Crippen LogP contribution >= 0.6 is 0 Å². The number of nitrogens with zero attached hydrogens (tertiary/aromatic N) is 2. The van der Waals surface area contributed by atoms with Gasteiger partial charge in [-0.1, -0.05) is 13.3 Å². The molecule has 1 saturated heterocycles. The Balaban J connectivity index is 1.77. The Bertz CT molecular complexity index is 396. The molecule has 1 aromatic heterocycles. The Labute approximate surface area is 110 Å². The first-order valence-corrected chi connectivity index (χ1v) is 7.51. The van der Waals surface area contributed by atoms with Gasteiger partial charge in [0.2, 0.25) is 0 Å². The third-order valence-electron chi connectivity index (χ3n) is 4.83. The molecule has 0 aromatic carbocycles. The van der Waals surface area contributed by atoms with Gasteiger partial charge in [0.25, 0.3) is 0 Å². The summed E-state index contributed by atoms with van der Waals surface area (Å²) in [4.78, 5) is 2.50. The topological polar surface area (TPSA) is 31.9 Å². The number of aromatic amines is 1. The number of aryl methyl sites for hydroxylation is 1. The Morgan fingerprint density at radius 1 is 1.33 bits per heavy atom. The van der Waals surface area contributed by atoms with Crippen molar-refractivity contribution in [2.24, 2.45) is 11.8 Å². The number of fused-ring (bicyclic) bond motifs is 2. The Morgan fingerprint density at radius 3 is 3.06 bits per heavy atom. The number of hydrogen-bond donors (Lipinski definition) is 1. The minimum absolute atomic E-state index is 0.870. The van der Waals surface area contributed by atoms with E-state index >= 15 is 0 Å². The fraction of sp³-hybridized carbons (Fsp3) is 0.800. The van der Waals surface area contributed by atoms with E-state index in [9.17, 15) is 0 Å². The van der Waals surface area contributed by atoms with Crippen LogP contribution < -0.4 is 0 Å². The van der Waals surface area contributed by atoms with Gasteiger partial charge in [-0.15, -0.1) is 0 Å². The van der Waals surface area contributed by atoms with Crippen molar-refractivity contribution in [3.63, 3.8) is 0 Å². The number of piperidine rings is 1. The third-order valence-corrected chi connectivity index (χ3v) is 4.83. The first-order valence-electron chi connectivity index (χ1n) is 7.51. The maximum atomic E-state index is 4.57. The van der Waals surface area contributed by atoms with Crippen LogP contribution in [0.25, 0.3) is 0 Å². The largest absolute Gasteiger partial charge is 0.306 e.